The van der Waals surface area contributed by atoms with Crippen LogP contribution in [-0.2, 0) is 4.79 Å². The van der Waals surface area contributed by atoms with Crippen molar-refractivity contribution in [2.24, 2.45) is 0 Å². The zero-order chi connectivity index (χ0) is 10.1. The number of rotatable bonds is 1. The van der Waals surface area contributed by atoms with E-state index in [1.807, 2.05) is 7.05 Å². The van der Waals surface area contributed by atoms with E-state index in [9.17, 15) is 9.90 Å². The molecule has 0 aromatic carbocycles. The van der Waals surface area contributed by atoms with Crippen LogP contribution in [0.5, 0.6) is 0 Å². The maximum Gasteiger partial charge on any atom is 0.239 e. The van der Waals surface area contributed by atoms with Crippen LogP contribution in [0.15, 0.2) is 0 Å². The molecule has 1 N–H and O–H groups in total. The summed E-state index contributed by atoms with van der Waals surface area (Å²) in [5.41, 5.74) is 0. The number of aliphatic hydroxyl groups is 1. The van der Waals surface area contributed by atoms with Crippen LogP contribution in [0.1, 0.15) is 19.3 Å². The van der Waals surface area contributed by atoms with Gasteiger partial charge in [0.05, 0.1) is 12.1 Å². The molecule has 4 heteroatoms. The van der Waals surface area contributed by atoms with E-state index in [0.29, 0.717) is 6.54 Å². The Balaban J connectivity index is 1.97. The molecule has 0 unspecified atom stereocenters. The molecular formula is C10H18N2O2. The standard InChI is InChI=1S/C10H18N2O2/c1-11-6-4-9(10(11)14)12-5-2-3-8(13)7-12/h8-9,13H,2-7H2,1H3/t8-,9-/m1/s1. The van der Waals surface area contributed by atoms with Crippen molar-refractivity contribution in [2.75, 3.05) is 26.7 Å². The number of piperidine rings is 1. The summed E-state index contributed by atoms with van der Waals surface area (Å²) in [6, 6.07) is 0.0370. The Kier molecular flexibility index (Phi) is 2.74. The van der Waals surface area contributed by atoms with E-state index in [1.165, 1.54) is 0 Å². The molecule has 2 rings (SSSR count). The van der Waals surface area contributed by atoms with E-state index in [4.69, 9.17) is 0 Å². The van der Waals surface area contributed by atoms with Gasteiger partial charge in [-0.1, -0.05) is 0 Å². The zero-order valence-corrected chi connectivity index (χ0v) is 8.65. The van der Waals surface area contributed by atoms with Gasteiger partial charge in [0.25, 0.3) is 0 Å². The summed E-state index contributed by atoms with van der Waals surface area (Å²) in [7, 11) is 1.85. The summed E-state index contributed by atoms with van der Waals surface area (Å²) >= 11 is 0. The molecule has 4 nitrogen and oxygen atoms in total. The fourth-order valence-electron chi connectivity index (χ4n) is 2.41. The molecular weight excluding hydrogens is 180 g/mol. The number of aliphatic hydroxyl groups excluding tert-OH is 1. The van der Waals surface area contributed by atoms with Crippen LogP contribution >= 0.6 is 0 Å². The molecule has 0 aliphatic carbocycles. The zero-order valence-electron chi connectivity index (χ0n) is 8.65. The largest absolute Gasteiger partial charge is 0.392 e. The number of nitrogens with zero attached hydrogens (tertiary/aromatic N) is 2. The Morgan fingerprint density at radius 1 is 1.36 bits per heavy atom. The van der Waals surface area contributed by atoms with Crippen LogP contribution < -0.4 is 0 Å². The van der Waals surface area contributed by atoms with Gasteiger partial charge in [-0.25, -0.2) is 0 Å². The van der Waals surface area contributed by atoms with Crippen molar-refractivity contribution >= 4 is 5.91 Å². The number of β-amino-alcohol motifs (C(OH)–C–C–N with tert-alkyl or cyclic N) is 1. The Bertz CT molecular complexity index is 232. The predicted octanol–water partition coefficient (Wildman–Crippen LogP) is -0.326. The summed E-state index contributed by atoms with van der Waals surface area (Å²) in [5.74, 6) is 0.221. The minimum Gasteiger partial charge on any atom is -0.392 e. The van der Waals surface area contributed by atoms with Gasteiger partial charge >= 0.3 is 0 Å². The van der Waals surface area contributed by atoms with Gasteiger partial charge in [-0.05, 0) is 25.8 Å². The van der Waals surface area contributed by atoms with Crippen molar-refractivity contribution in [3.63, 3.8) is 0 Å². The topological polar surface area (TPSA) is 43.8 Å². The van der Waals surface area contributed by atoms with Gasteiger partial charge in [-0.3, -0.25) is 9.69 Å². The van der Waals surface area contributed by atoms with E-state index in [-0.39, 0.29) is 18.1 Å². The van der Waals surface area contributed by atoms with Crippen molar-refractivity contribution in [3.05, 3.63) is 0 Å². The van der Waals surface area contributed by atoms with Crippen LogP contribution in [-0.4, -0.2) is 59.6 Å². The molecule has 14 heavy (non-hydrogen) atoms. The lowest BCUT2D eigenvalue weighted by Crippen LogP contribution is -2.47. The molecule has 0 saturated carbocycles. The van der Waals surface area contributed by atoms with E-state index in [1.54, 1.807) is 4.90 Å². The molecule has 2 atom stereocenters. The van der Waals surface area contributed by atoms with Crippen molar-refractivity contribution in [1.29, 1.82) is 0 Å². The second kappa shape index (κ2) is 3.87. The Labute approximate surface area is 84.5 Å². The summed E-state index contributed by atoms with van der Waals surface area (Å²) < 4.78 is 0. The third kappa shape index (κ3) is 1.77. The monoisotopic (exact) mass is 198 g/mol. The Morgan fingerprint density at radius 3 is 2.71 bits per heavy atom. The molecule has 80 valence electrons. The molecule has 2 fully saturated rings. The van der Waals surface area contributed by atoms with E-state index >= 15 is 0 Å². The van der Waals surface area contributed by atoms with Gasteiger partial charge in [0.2, 0.25) is 5.91 Å². The summed E-state index contributed by atoms with van der Waals surface area (Å²) in [4.78, 5) is 15.6. The number of hydrogen-bond acceptors (Lipinski definition) is 3. The first-order chi connectivity index (χ1) is 6.68. The molecule has 2 saturated heterocycles. The van der Waals surface area contributed by atoms with Gasteiger partial charge in [-0.15, -0.1) is 0 Å². The molecule has 2 heterocycles. The highest BCUT2D eigenvalue weighted by Crippen LogP contribution is 2.20. The molecule has 0 aromatic heterocycles. The molecule has 2 aliphatic heterocycles. The van der Waals surface area contributed by atoms with Crippen molar-refractivity contribution < 1.29 is 9.90 Å². The van der Waals surface area contributed by atoms with Gasteiger partial charge in [-0.2, -0.15) is 0 Å². The summed E-state index contributed by atoms with van der Waals surface area (Å²) in [6.07, 6.45) is 2.58. The first-order valence-electron chi connectivity index (χ1n) is 5.35. The number of hydrogen-bond donors (Lipinski definition) is 1. The lowest BCUT2D eigenvalue weighted by molar-refractivity contribution is -0.132. The fourth-order valence-corrected chi connectivity index (χ4v) is 2.41. The van der Waals surface area contributed by atoms with Crippen molar-refractivity contribution in [2.45, 2.75) is 31.4 Å². The number of carbonyl (C=O) groups is 1. The van der Waals surface area contributed by atoms with Crippen LogP contribution in [0.25, 0.3) is 0 Å². The van der Waals surface area contributed by atoms with Crippen LogP contribution in [0.4, 0.5) is 0 Å². The minimum atomic E-state index is -0.234. The quantitative estimate of drug-likeness (QED) is 0.627. The van der Waals surface area contributed by atoms with Gasteiger partial charge in [0.1, 0.15) is 0 Å². The highest BCUT2D eigenvalue weighted by atomic mass is 16.3. The summed E-state index contributed by atoms with van der Waals surface area (Å²) in [5, 5.41) is 9.53. The number of likely N-dealkylation sites (tertiary alicyclic amines) is 2. The number of carbonyl (C=O) groups excluding carboxylic acids is 1. The molecule has 0 aromatic rings. The third-order valence-corrected chi connectivity index (χ3v) is 3.27. The average molecular weight is 198 g/mol. The maximum atomic E-state index is 11.7. The van der Waals surface area contributed by atoms with Gasteiger partial charge in [0.15, 0.2) is 0 Å². The van der Waals surface area contributed by atoms with Gasteiger partial charge < -0.3 is 10.0 Å². The molecule has 1 amide bonds. The molecule has 2 aliphatic rings. The van der Waals surface area contributed by atoms with Crippen molar-refractivity contribution in [3.8, 4) is 0 Å². The number of amides is 1. The first kappa shape index (κ1) is 9.93. The second-order valence-corrected chi connectivity index (χ2v) is 4.36. The molecule has 0 spiro atoms. The smallest absolute Gasteiger partial charge is 0.239 e. The normalized spacial score (nSPS) is 35.3. The third-order valence-electron chi connectivity index (χ3n) is 3.27. The molecule has 0 radical (unpaired) electrons. The van der Waals surface area contributed by atoms with Crippen LogP contribution in [0.3, 0.4) is 0 Å². The Morgan fingerprint density at radius 2 is 2.14 bits per heavy atom. The fraction of sp³-hybridized carbons (Fsp3) is 0.900. The van der Waals surface area contributed by atoms with Crippen LogP contribution in [0.2, 0.25) is 0 Å². The average Bonchev–Trinajstić information content (AvgIpc) is 2.48. The maximum absolute atomic E-state index is 11.7. The van der Waals surface area contributed by atoms with E-state index < -0.39 is 0 Å². The van der Waals surface area contributed by atoms with Gasteiger partial charge in [0, 0.05) is 20.1 Å². The molecule has 0 bridgehead atoms. The SMILES string of the molecule is CN1CC[C@@H](N2CCC[C@@H](O)C2)C1=O. The second-order valence-electron chi connectivity index (χ2n) is 4.36. The predicted molar refractivity (Wildman–Crippen MR) is 52.9 cm³/mol. The highest BCUT2D eigenvalue weighted by molar-refractivity contribution is 5.83. The highest BCUT2D eigenvalue weighted by Gasteiger charge is 2.35. The van der Waals surface area contributed by atoms with E-state index in [0.717, 1.165) is 32.4 Å². The number of likely N-dealkylation sites (N-methyl/N-ethyl adjacent to an activating group) is 1. The van der Waals surface area contributed by atoms with Crippen molar-refractivity contribution in [1.82, 2.24) is 9.80 Å². The lowest BCUT2D eigenvalue weighted by Gasteiger charge is -2.33. The Hall–Kier alpha value is -0.610. The van der Waals surface area contributed by atoms with E-state index in [2.05, 4.69) is 4.90 Å². The first-order valence-corrected chi connectivity index (χ1v) is 5.35. The lowest BCUT2D eigenvalue weighted by atomic mass is 10.1. The minimum absolute atomic E-state index is 0.0370. The van der Waals surface area contributed by atoms with Crippen LogP contribution in [0, 0.1) is 0 Å². The summed E-state index contributed by atoms with van der Waals surface area (Å²) in [6.45, 7) is 2.49.